The molecule has 1 heterocycles. The van der Waals surface area contributed by atoms with Crippen molar-refractivity contribution in [3.05, 3.63) is 18.0 Å². The molecule has 0 atom stereocenters. The Balaban J connectivity index is 2.15. The number of hydrogen-bond acceptors (Lipinski definition) is 2. The van der Waals surface area contributed by atoms with Gasteiger partial charge in [0.1, 0.15) is 0 Å². The zero-order chi connectivity index (χ0) is 8.81. The first-order valence-corrected chi connectivity index (χ1v) is 5.20. The van der Waals surface area contributed by atoms with Crippen LogP contribution in [0.3, 0.4) is 0 Å². The van der Waals surface area contributed by atoms with Crippen molar-refractivity contribution in [3.8, 4) is 0 Å². The lowest BCUT2D eigenvalue weighted by molar-refractivity contribution is 0.650. The minimum atomic E-state index is 0.869. The number of halogens is 1. The number of hydrogen-bond donors (Lipinski definition) is 1. The van der Waals surface area contributed by atoms with Gasteiger partial charge in [0.25, 0.3) is 0 Å². The molecule has 1 aromatic heterocycles. The average Bonchev–Trinajstić information content (AvgIpc) is 2.45. The summed E-state index contributed by atoms with van der Waals surface area (Å²) in [5.74, 6) is 0. The molecule has 0 bridgehead atoms. The number of aryl methyl sites for hydroxylation is 1. The lowest BCUT2D eigenvalue weighted by Gasteiger charge is -1.99. The number of nitrogens with zero attached hydrogens (tertiary/aromatic N) is 2. The van der Waals surface area contributed by atoms with Gasteiger partial charge in [-0.2, -0.15) is 5.10 Å². The van der Waals surface area contributed by atoms with Crippen molar-refractivity contribution in [3.63, 3.8) is 0 Å². The highest BCUT2D eigenvalue weighted by Gasteiger charge is 1.94. The largest absolute Gasteiger partial charge is 0.311 e. The van der Waals surface area contributed by atoms with E-state index in [0.717, 1.165) is 30.5 Å². The normalized spacial score (nSPS) is 10.5. The van der Waals surface area contributed by atoms with Crippen molar-refractivity contribution in [2.45, 2.75) is 13.0 Å². The summed E-state index contributed by atoms with van der Waals surface area (Å²) >= 11 is 3.38. The van der Waals surface area contributed by atoms with Crippen LogP contribution in [0.1, 0.15) is 12.1 Å². The van der Waals surface area contributed by atoms with E-state index in [2.05, 4.69) is 26.3 Å². The average molecular weight is 232 g/mol. The first-order chi connectivity index (χ1) is 5.83. The van der Waals surface area contributed by atoms with Crippen molar-refractivity contribution in [2.75, 3.05) is 11.9 Å². The number of rotatable bonds is 5. The zero-order valence-electron chi connectivity index (χ0n) is 7.26. The van der Waals surface area contributed by atoms with Crippen LogP contribution in [0.15, 0.2) is 12.3 Å². The maximum absolute atomic E-state index is 4.25. The monoisotopic (exact) mass is 231 g/mol. The van der Waals surface area contributed by atoms with E-state index in [-0.39, 0.29) is 0 Å². The Morgan fingerprint density at radius 2 is 2.50 bits per heavy atom. The molecule has 1 N–H and O–H groups in total. The van der Waals surface area contributed by atoms with Gasteiger partial charge < -0.3 is 5.32 Å². The third-order valence-electron chi connectivity index (χ3n) is 1.56. The van der Waals surface area contributed by atoms with Crippen LogP contribution >= 0.6 is 15.9 Å². The van der Waals surface area contributed by atoms with Crippen LogP contribution in [-0.2, 0) is 13.6 Å². The topological polar surface area (TPSA) is 29.9 Å². The Morgan fingerprint density at radius 3 is 3.08 bits per heavy atom. The minimum Gasteiger partial charge on any atom is -0.311 e. The Hall–Kier alpha value is -0.350. The van der Waals surface area contributed by atoms with Gasteiger partial charge in [-0.1, -0.05) is 15.9 Å². The van der Waals surface area contributed by atoms with Gasteiger partial charge in [0.05, 0.1) is 5.69 Å². The van der Waals surface area contributed by atoms with Crippen molar-refractivity contribution >= 4 is 15.9 Å². The summed E-state index contributed by atoms with van der Waals surface area (Å²) < 4.78 is 1.82. The molecule has 0 aliphatic rings. The second-order valence-electron chi connectivity index (χ2n) is 2.70. The van der Waals surface area contributed by atoms with Crippen molar-refractivity contribution < 1.29 is 0 Å². The first kappa shape index (κ1) is 9.74. The predicted octanol–water partition coefficient (Wildman–Crippen LogP) is 1.29. The summed E-state index contributed by atoms with van der Waals surface area (Å²) in [6.45, 7) is 1.91. The predicted molar refractivity (Wildman–Crippen MR) is 53.3 cm³/mol. The number of nitrogens with one attached hydrogen (secondary N) is 1. The molecule has 0 saturated carbocycles. The highest BCUT2D eigenvalue weighted by molar-refractivity contribution is 9.09. The molecule has 0 amide bonds. The maximum Gasteiger partial charge on any atom is 0.0762 e. The molecule has 0 aliphatic heterocycles. The van der Waals surface area contributed by atoms with E-state index in [0.29, 0.717) is 0 Å². The van der Waals surface area contributed by atoms with E-state index in [1.54, 1.807) is 0 Å². The quantitative estimate of drug-likeness (QED) is 0.612. The lowest BCUT2D eigenvalue weighted by atomic mass is 10.4. The molecule has 68 valence electrons. The Labute approximate surface area is 81.3 Å². The molecule has 0 fully saturated rings. The number of aromatic nitrogens is 2. The molecule has 0 saturated heterocycles. The van der Waals surface area contributed by atoms with E-state index < -0.39 is 0 Å². The van der Waals surface area contributed by atoms with E-state index in [4.69, 9.17) is 0 Å². The third kappa shape index (κ3) is 3.36. The van der Waals surface area contributed by atoms with Gasteiger partial charge in [-0.3, -0.25) is 4.68 Å². The highest BCUT2D eigenvalue weighted by atomic mass is 79.9. The molecule has 0 radical (unpaired) electrons. The van der Waals surface area contributed by atoms with Crippen LogP contribution in [-0.4, -0.2) is 21.7 Å². The second-order valence-corrected chi connectivity index (χ2v) is 3.49. The summed E-state index contributed by atoms with van der Waals surface area (Å²) in [4.78, 5) is 0. The molecule has 4 heteroatoms. The van der Waals surface area contributed by atoms with Gasteiger partial charge >= 0.3 is 0 Å². The molecule has 1 aromatic rings. The van der Waals surface area contributed by atoms with Crippen LogP contribution in [0.5, 0.6) is 0 Å². The maximum atomic E-state index is 4.25. The molecular weight excluding hydrogens is 218 g/mol. The van der Waals surface area contributed by atoms with Gasteiger partial charge in [-0.15, -0.1) is 0 Å². The molecule has 0 spiro atoms. The standard InChI is InChI=1S/C8H14BrN3/c1-12-6-3-8(11-12)7-10-5-2-4-9/h3,6,10H,2,4-5,7H2,1H3. The lowest BCUT2D eigenvalue weighted by Crippen LogP contribution is -2.15. The van der Waals surface area contributed by atoms with Gasteiger partial charge in [-0.05, 0) is 19.0 Å². The molecule has 0 aromatic carbocycles. The minimum absolute atomic E-state index is 0.869. The Kier molecular flexibility index (Phi) is 4.32. The summed E-state index contributed by atoms with van der Waals surface area (Å²) in [7, 11) is 1.93. The van der Waals surface area contributed by atoms with Crippen LogP contribution in [0, 0.1) is 0 Å². The van der Waals surface area contributed by atoms with Gasteiger partial charge in [0, 0.05) is 25.1 Å². The first-order valence-electron chi connectivity index (χ1n) is 4.08. The van der Waals surface area contributed by atoms with Crippen molar-refractivity contribution in [2.24, 2.45) is 7.05 Å². The summed E-state index contributed by atoms with van der Waals surface area (Å²) in [6.07, 6.45) is 3.12. The molecule has 0 aliphatic carbocycles. The van der Waals surface area contributed by atoms with Crippen LogP contribution in [0.4, 0.5) is 0 Å². The fourth-order valence-electron chi connectivity index (χ4n) is 0.966. The molecule has 0 unspecified atom stereocenters. The zero-order valence-corrected chi connectivity index (χ0v) is 8.84. The summed E-state index contributed by atoms with van der Waals surface area (Å²) in [5.41, 5.74) is 1.10. The van der Waals surface area contributed by atoms with Gasteiger partial charge in [-0.25, -0.2) is 0 Å². The van der Waals surface area contributed by atoms with Crippen molar-refractivity contribution in [1.29, 1.82) is 0 Å². The Morgan fingerprint density at radius 1 is 1.67 bits per heavy atom. The summed E-state index contributed by atoms with van der Waals surface area (Å²) in [6, 6.07) is 2.03. The molecule has 1 rings (SSSR count). The highest BCUT2D eigenvalue weighted by Crippen LogP contribution is 1.93. The fourth-order valence-corrected chi connectivity index (χ4v) is 1.25. The molecular formula is C8H14BrN3. The second kappa shape index (κ2) is 5.32. The van der Waals surface area contributed by atoms with Gasteiger partial charge in [0.15, 0.2) is 0 Å². The SMILES string of the molecule is Cn1ccc(CNCCCBr)n1. The van der Waals surface area contributed by atoms with Gasteiger partial charge in [0.2, 0.25) is 0 Å². The van der Waals surface area contributed by atoms with E-state index >= 15 is 0 Å². The third-order valence-corrected chi connectivity index (χ3v) is 2.12. The summed E-state index contributed by atoms with van der Waals surface area (Å²) in [5, 5.41) is 8.62. The van der Waals surface area contributed by atoms with Crippen LogP contribution in [0.2, 0.25) is 0 Å². The smallest absolute Gasteiger partial charge is 0.0762 e. The molecule has 12 heavy (non-hydrogen) atoms. The van der Waals surface area contributed by atoms with E-state index in [1.165, 1.54) is 0 Å². The van der Waals surface area contributed by atoms with Crippen LogP contribution < -0.4 is 5.32 Å². The Bertz CT molecular complexity index is 222. The van der Waals surface area contributed by atoms with Crippen molar-refractivity contribution in [1.82, 2.24) is 15.1 Å². The fraction of sp³-hybridized carbons (Fsp3) is 0.625. The molecule has 3 nitrogen and oxygen atoms in total. The van der Waals surface area contributed by atoms with E-state index in [1.807, 2.05) is 24.0 Å². The van der Waals surface area contributed by atoms with E-state index in [9.17, 15) is 0 Å². The number of alkyl halides is 1. The van der Waals surface area contributed by atoms with Crippen LogP contribution in [0.25, 0.3) is 0 Å².